The molecular formula is C7H10N2O3. The van der Waals surface area contributed by atoms with Crippen LogP contribution in [0, 0.1) is 5.41 Å². The summed E-state index contributed by atoms with van der Waals surface area (Å²) in [5.74, 6) is -1.27. The molecule has 66 valence electrons. The van der Waals surface area contributed by atoms with E-state index < -0.39 is 11.7 Å². The minimum absolute atomic E-state index is 0.136. The number of aliphatic carboxylic acids is 1. The lowest BCUT2D eigenvalue weighted by Gasteiger charge is -2.16. The van der Waals surface area contributed by atoms with Crippen molar-refractivity contribution in [1.82, 2.24) is 0 Å². The van der Waals surface area contributed by atoms with E-state index in [2.05, 4.69) is 0 Å². The van der Waals surface area contributed by atoms with E-state index >= 15 is 0 Å². The van der Waals surface area contributed by atoms with Crippen LogP contribution >= 0.6 is 0 Å². The quantitative estimate of drug-likeness (QED) is 0.497. The molecule has 0 saturated heterocycles. The molecule has 1 rings (SSSR count). The second-order valence-corrected chi connectivity index (χ2v) is 2.49. The van der Waals surface area contributed by atoms with E-state index in [4.69, 9.17) is 21.0 Å². The summed E-state index contributed by atoms with van der Waals surface area (Å²) in [7, 11) is 0. The molecule has 0 aromatic rings. The Balaban J connectivity index is 2.85. The molecule has 5 heteroatoms. The predicted molar refractivity (Wildman–Crippen MR) is 42.0 cm³/mol. The van der Waals surface area contributed by atoms with Gasteiger partial charge >= 0.3 is 5.97 Å². The number of nitrogens with two attached hydrogens (primary N) is 1. The van der Waals surface area contributed by atoms with Crippen molar-refractivity contribution in [2.24, 2.45) is 5.73 Å². The molecule has 1 aliphatic heterocycles. The zero-order chi connectivity index (χ0) is 9.14. The van der Waals surface area contributed by atoms with Crippen LogP contribution in [0.1, 0.15) is 6.42 Å². The van der Waals surface area contributed by atoms with Crippen molar-refractivity contribution < 1.29 is 14.6 Å². The van der Waals surface area contributed by atoms with Crippen LogP contribution in [0.4, 0.5) is 0 Å². The number of carboxylic acid groups (broad SMARTS) is 1. The zero-order valence-electron chi connectivity index (χ0n) is 6.46. The Morgan fingerprint density at radius 2 is 2.33 bits per heavy atom. The molecule has 0 atom stereocenters. The van der Waals surface area contributed by atoms with Gasteiger partial charge in [0.1, 0.15) is 5.71 Å². The lowest BCUT2D eigenvalue weighted by molar-refractivity contribution is -0.129. The fourth-order valence-corrected chi connectivity index (χ4v) is 0.962. The average Bonchev–Trinajstić information content (AvgIpc) is 2.04. The van der Waals surface area contributed by atoms with Crippen molar-refractivity contribution in [3.05, 3.63) is 11.3 Å². The fourth-order valence-electron chi connectivity index (χ4n) is 0.962. The Bertz CT molecular complexity index is 255. The van der Waals surface area contributed by atoms with Crippen LogP contribution < -0.4 is 5.73 Å². The highest BCUT2D eigenvalue weighted by Gasteiger charge is 2.19. The summed E-state index contributed by atoms with van der Waals surface area (Å²) in [6.45, 7) is 0.638. The van der Waals surface area contributed by atoms with Gasteiger partial charge in [0.2, 0.25) is 0 Å². The smallest absolute Gasteiger partial charge is 0.354 e. The van der Waals surface area contributed by atoms with Gasteiger partial charge in [-0.3, -0.25) is 5.41 Å². The number of nitrogens with one attached hydrogen (secondary N) is 1. The molecule has 0 amide bonds. The second kappa shape index (κ2) is 3.36. The van der Waals surface area contributed by atoms with Crippen molar-refractivity contribution in [3.63, 3.8) is 0 Å². The Labute approximate surface area is 69.3 Å². The van der Waals surface area contributed by atoms with Crippen LogP contribution in [-0.2, 0) is 9.53 Å². The maximum absolute atomic E-state index is 10.4. The monoisotopic (exact) mass is 170 g/mol. The largest absolute Gasteiger partial charge is 0.477 e. The molecule has 0 fully saturated rings. The fraction of sp³-hybridized carbons (Fsp3) is 0.429. The van der Waals surface area contributed by atoms with Gasteiger partial charge < -0.3 is 15.6 Å². The summed E-state index contributed by atoms with van der Waals surface area (Å²) in [5, 5.41) is 15.6. The van der Waals surface area contributed by atoms with Gasteiger partial charge in [-0.25, -0.2) is 4.79 Å². The summed E-state index contributed by atoms with van der Waals surface area (Å²) in [6.07, 6.45) is 0.505. The highest BCUT2D eigenvalue weighted by atomic mass is 16.5. The highest BCUT2D eigenvalue weighted by molar-refractivity contribution is 6.41. The molecular weight excluding hydrogens is 160 g/mol. The van der Waals surface area contributed by atoms with E-state index in [-0.39, 0.29) is 6.61 Å². The van der Waals surface area contributed by atoms with E-state index in [1.807, 2.05) is 0 Å². The van der Waals surface area contributed by atoms with Gasteiger partial charge in [-0.15, -0.1) is 0 Å². The van der Waals surface area contributed by atoms with Crippen LogP contribution in [0.15, 0.2) is 11.3 Å². The third-order valence-electron chi connectivity index (χ3n) is 1.67. The number of ether oxygens (including phenoxy) is 1. The lowest BCUT2D eigenvalue weighted by atomic mass is 10.1. The van der Waals surface area contributed by atoms with E-state index in [1.165, 1.54) is 0 Å². The van der Waals surface area contributed by atoms with E-state index in [1.54, 1.807) is 0 Å². The number of hydrogen-bond acceptors (Lipinski definition) is 4. The van der Waals surface area contributed by atoms with E-state index in [9.17, 15) is 4.79 Å². The van der Waals surface area contributed by atoms with Crippen molar-refractivity contribution in [1.29, 1.82) is 5.41 Å². The molecule has 0 radical (unpaired) electrons. The topological polar surface area (TPSA) is 96.4 Å². The van der Waals surface area contributed by atoms with E-state index in [0.29, 0.717) is 24.3 Å². The van der Waals surface area contributed by atoms with Gasteiger partial charge in [0, 0.05) is 17.7 Å². The maximum atomic E-state index is 10.4. The molecule has 0 spiro atoms. The van der Waals surface area contributed by atoms with Crippen molar-refractivity contribution in [2.75, 3.05) is 13.2 Å². The van der Waals surface area contributed by atoms with Gasteiger partial charge in [0.25, 0.3) is 0 Å². The number of carbonyl (C=O) groups is 1. The highest BCUT2D eigenvalue weighted by Crippen LogP contribution is 2.11. The molecule has 0 aromatic carbocycles. The van der Waals surface area contributed by atoms with Gasteiger partial charge in [0.15, 0.2) is 0 Å². The summed E-state index contributed by atoms with van der Waals surface area (Å²) < 4.78 is 4.98. The predicted octanol–water partition coefficient (Wildman–Crippen LogP) is -0.276. The van der Waals surface area contributed by atoms with Crippen LogP contribution in [-0.4, -0.2) is 30.0 Å². The number of rotatable bonds is 2. The molecule has 12 heavy (non-hydrogen) atoms. The maximum Gasteiger partial charge on any atom is 0.354 e. The Morgan fingerprint density at radius 3 is 2.83 bits per heavy atom. The average molecular weight is 170 g/mol. The van der Waals surface area contributed by atoms with E-state index in [0.717, 1.165) is 0 Å². The first kappa shape index (κ1) is 8.73. The molecule has 1 aliphatic rings. The minimum Gasteiger partial charge on any atom is -0.477 e. The molecule has 0 unspecified atom stereocenters. The van der Waals surface area contributed by atoms with Crippen LogP contribution in [0.5, 0.6) is 0 Å². The lowest BCUT2D eigenvalue weighted by Crippen LogP contribution is -2.26. The summed E-state index contributed by atoms with van der Waals surface area (Å²) in [5.41, 5.74) is 5.80. The third kappa shape index (κ3) is 1.62. The van der Waals surface area contributed by atoms with Crippen LogP contribution in [0.3, 0.4) is 0 Å². The van der Waals surface area contributed by atoms with Gasteiger partial charge in [0.05, 0.1) is 13.2 Å². The molecule has 0 aliphatic carbocycles. The number of carboxylic acids is 1. The first-order valence-electron chi connectivity index (χ1n) is 3.50. The molecule has 0 bridgehead atoms. The molecule has 4 N–H and O–H groups in total. The first-order valence-corrected chi connectivity index (χ1v) is 3.50. The van der Waals surface area contributed by atoms with Crippen molar-refractivity contribution in [2.45, 2.75) is 6.42 Å². The zero-order valence-corrected chi connectivity index (χ0v) is 6.46. The van der Waals surface area contributed by atoms with Crippen LogP contribution in [0.2, 0.25) is 0 Å². The number of hydrogen-bond donors (Lipinski definition) is 3. The third-order valence-corrected chi connectivity index (χ3v) is 1.67. The Kier molecular flexibility index (Phi) is 2.44. The second-order valence-electron chi connectivity index (χ2n) is 2.49. The molecule has 0 saturated carbocycles. The SMILES string of the molecule is N=C(C(=O)O)C1=C(N)CCOC1. The summed E-state index contributed by atoms with van der Waals surface area (Å²) >= 11 is 0. The van der Waals surface area contributed by atoms with Crippen LogP contribution in [0.25, 0.3) is 0 Å². The molecule has 5 nitrogen and oxygen atoms in total. The van der Waals surface area contributed by atoms with Gasteiger partial charge in [-0.2, -0.15) is 0 Å². The van der Waals surface area contributed by atoms with Gasteiger partial charge in [-0.05, 0) is 0 Å². The van der Waals surface area contributed by atoms with Crippen molar-refractivity contribution in [3.8, 4) is 0 Å². The molecule has 1 heterocycles. The van der Waals surface area contributed by atoms with Gasteiger partial charge in [-0.1, -0.05) is 0 Å². The minimum atomic E-state index is -1.27. The first-order chi connectivity index (χ1) is 5.63. The van der Waals surface area contributed by atoms with Crippen molar-refractivity contribution >= 4 is 11.7 Å². The Morgan fingerprint density at radius 1 is 1.67 bits per heavy atom. The standard InChI is InChI=1S/C7H10N2O3/c8-5-1-2-12-3-4(5)6(9)7(10)11/h9H,1-3,8H2,(H,10,11). The summed E-state index contributed by atoms with van der Waals surface area (Å²) in [4.78, 5) is 10.4. The normalized spacial score (nSPS) is 17.7. The molecule has 0 aromatic heterocycles. The Hall–Kier alpha value is -1.36. The summed E-state index contributed by atoms with van der Waals surface area (Å²) in [6, 6.07) is 0.